The molecule has 4 rings (SSSR count). The van der Waals surface area contributed by atoms with Gasteiger partial charge < -0.3 is 30.3 Å². The minimum absolute atomic E-state index is 0. The van der Waals surface area contributed by atoms with Crippen LogP contribution in [0.2, 0.25) is 0 Å². The number of hydrogen-bond acceptors (Lipinski definition) is 0. The molecule has 2 saturated carbocycles. The molecule has 0 bridgehead atoms. The van der Waals surface area contributed by atoms with Crippen molar-refractivity contribution in [2.24, 2.45) is 0 Å². The van der Waals surface area contributed by atoms with Crippen LogP contribution in [0.1, 0.15) is 56.9 Å². The summed E-state index contributed by atoms with van der Waals surface area (Å²) in [5.41, 5.74) is 3.85. The summed E-state index contributed by atoms with van der Waals surface area (Å²) in [5.74, 6) is 0. The first kappa shape index (κ1) is 19.0. The molecular formula is C21H29FeP-6. The van der Waals surface area contributed by atoms with Crippen molar-refractivity contribution in [1.29, 1.82) is 0 Å². The minimum atomic E-state index is 0. The zero-order chi connectivity index (χ0) is 15.0. The molecule has 23 heavy (non-hydrogen) atoms. The summed E-state index contributed by atoms with van der Waals surface area (Å²) in [6.07, 6.45) is 13.7. The molecule has 0 N–H and O–H groups in total. The van der Waals surface area contributed by atoms with Crippen LogP contribution in [0.4, 0.5) is 0 Å². The van der Waals surface area contributed by atoms with Crippen LogP contribution < -0.4 is 0 Å². The number of hydrogen-bond donors (Lipinski definition) is 0. The molecule has 132 valence electrons. The molecule has 2 aliphatic rings. The molecule has 0 aliphatic heterocycles. The van der Waals surface area contributed by atoms with E-state index in [1.54, 1.807) is 31.2 Å². The quantitative estimate of drug-likeness (QED) is 0.321. The number of rotatable bonds is 4. The van der Waals surface area contributed by atoms with E-state index in [0.717, 1.165) is 11.3 Å². The molecule has 0 saturated heterocycles. The van der Waals surface area contributed by atoms with E-state index in [1.165, 1.54) is 31.8 Å². The fourth-order valence-electron chi connectivity index (χ4n) is 4.08. The van der Waals surface area contributed by atoms with Crippen molar-refractivity contribution in [1.82, 2.24) is 0 Å². The summed E-state index contributed by atoms with van der Waals surface area (Å²) in [6, 6.07) is 19.1. The Labute approximate surface area is 154 Å². The molecule has 0 unspecified atom stereocenters. The zero-order valence-corrected chi connectivity index (χ0v) is 16.0. The maximum atomic E-state index is 2.35. The average molecular weight is 368 g/mol. The van der Waals surface area contributed by atoms with Crippen molar-refractivity contribution in [3.8, 4) is 0 Å². The molecule has 2 aromatic carbocycles. The third-order valence-corrected chi connectivity index (χ3v) is 8.88. The predicted octanol–water partition coefficient (Wildman–Crippen LogP) is 6.68. The van der Waals surface area contributed by atoms with Crippen molar-refractivity contribution in [2.75, 3.05) is 0 Å². The van der Waals surface area contributed by atoms with E-state index < -0.39 is 0 Å². The maximum absolute atomic E-state index is 2.35. The maximum Gasteiger partial charge on any atom is 0 e. The first-order valence-corrected chi connectivity index (χ1v) is 10.7. The SMILES string of the molecule is [Fe].[cH-]1[cH-][cH-][cH-][cH-]1.c1cc[c-](CP(C2CCCC2)C2CCCC2)c1. The van der Waals surface area contributed by atoms with E-state index in [0.29, 0.717) is 0 Å². The molecule has 0 spiro atoms. The van der Waals surface area contributed by atoms with Crippen molar-refractivity contribution in [3.05, 3.63) is 60.2 Å². The first-order chi connectivity index (χ1) is 10.9. The molecule has 2 aliphatic carbocycles. The van der Waals surface area contributed by atoms with E-state index in [4.69, 9.17) is 0 Å². The average Bonchev–Trinajstić information content (AvgIpc) is 3.39. The summed E-state index contributed by atoms with van der Waals surface area (Å²) in [4.78, 5) is 0. The van der Waals surface area contributed by atoms with Crippen molar-refractivity contribution >= 4 is 7.92 Å². The van der Waals surface area contributed by atoms with E-state index in [2.05, 4.69) is 24.3 Å². The van der Waals surface area contributed by atoms with Gasteiger partial charge in [-0.3, -0.25) is 0 Å². The monoisotopic (exact) mass is 368 g/mol. The Kier molecular flexibility index (Phi) is 8.67. The topological polar surface area (TPSA) is 0 Å². The summed E-state index contributed by atoms with van der Waals surface area (Å²) in [7, 11) is 0.287. The summed E-state index contributed by atoms with van der Waals surface area (Å²) in [6.45, 7) is 0. The fourth-order valence-corrected chi connectivity index (χ4v) is 7.88. The third-order valence-electron chi connectivity index (χ3n) is 5.24. The Morgan fingerprint density at radius 3 is 1.52 bits per heavy atom. The summed E-state index contributed by atoms with van der Waals surface area (Å²) >= 11 is 0. The van der Waals surface area contributed by atoms with Gasteiger partial charge in [0.2, 0.25) is 0 Å². The van der Waals surface area contributed by atoms with Gasteiger partial charge in [0.05, 0.1) is 0 Å². The Morgan fingerprint density at radius 1 is 0.739 bits per heavy atom. The van der Waals surface area contributed by atoms with Crippen LogP contribution in [0.15, 0.2) is 54.6 Å². The van der Waals surface area contributed by atoms with Crippen LogP contribution in [-0.2, 0) is 23.2 Å². The molecule has 0 radical (unpaired) electrons. The van der Waals surface area contributed by atoms with Gasteiger partial charge in [0.15, 0.2) is 0 Å². The van der Waals surface area contributed by atoms with Crippen molar-refractivity contribution < 1.29 is 17.1 Å². The van der Waals surface area contributed by atoms with Gasteiger partial charge in [0.25, 0.3) is 0 Å². The summed E-state index contributed by atoms with van der Waals surface area (Å²) in [5, 5.41) is 0. The molecule has 0 atom stereocenters. The van der Waals surface area contributed by atoms with E-state index >= 15 is 0 Å². The molecule has 0 nitrogen and oxygen atoms in total. The van der Waals surface area contributed by atoms with Gasteiger partial charge in [-0.15, -0.1) is 7.92 Å². The van der Waals surface area contributed by atoms with Crippen LogP contribution in [0, 0.1) is 0 Å². The minimum Gasteiger partial charge on any atom is -0.748 e. The molecule has 2 fully saturated rings. The van der Waals surface area contributed by atoms with Crippen LogP contribution in [0.5, 0.6) is 0 Å². The van der Waals surface area contributed by atoms with Crippen LogP contribution >= 0.6 is 7.92 Å². The third kappa shape index (κ3) is 5.90. The summed E-state index contributed by atoms with van der Waals surface area (Å²) < 4.78 is 0. The standard InChI is InChI=1S/C16H24P.C5H5.Fe/c1-2-8-14(7-1)13-17(15-9-3-4-10-15)16-11-5-6-12-16;1-2-4-5-3-1;/h1-2,7-8,15-16H,3-6,9-13H2;1-5H;/q-1;-5;. The molecule has 0 heterocycles. The van der Waals surface area contributed by atoms with Crippen LogP contribution in [0.3, 0.4) is 0 Å². The Balaban J connectivity index is 0.000000276. The van der Waals surface area contributed by atoms with Gasteiger partial charge >= 0.3 is 0 Å². The fraction of sp³-hybridized carbons (Fsp3) is 0.524. The Hall–Kier alpha value is -0.351. The Bertz CT molecular complexity index is 443. The second-order valence-electron chi connectivity index (χ2n) is 6.80. The smallest absolute Gasteiger partial charge is 0 e. The van der Waals surface area contributed by atoms with E-state index in [-0.39, 0.29) is 25.0 Å². The molecule has 0 aromatic heterocycles. The predicted molar refractivity (Wildman–Crippen MR) is 99.2 cm³/mol. The van der Waals surface area contributed by atoms with Crippen molar-refractivity contribution in [2.45, 2.75) is 68.8 Å². The van der Waals surface area contributed by atoms with Gasteiger partial charge in [0.1, 0.15) is 0 Å². The van der Waals surface area contributed by atoms with Gasteiger partial charge in [0, 0.05) is 17.1 Å². The van der Waals surface area contributed by atoms with Crippen LogP contribution in [-0.4, -0.2) is 11.3 Å². The molecule has 2 heteroatoms. The van der Waals surface area contributed by atoms with E-state index in [9.17, 15) is 0 Å². The second kappa shape index (κ2) is 10.5. The molecule has 2 aromatic rings. The second-order valence-corrected chi connectivity index (χ2v) is 9.61. The molecular weight excluding hydrogens is 339 g/mol. The largest absolute Gasteiger partial charge is 0.748 e. The zero-order valence-electron chi connectivity index (χ0n) is 14.0. The van der Waals surface area contributed by atoms with Crippen molar-refractivity contribution in [3.63, 3.8) is 0 Å². The van der Waals surface area contributed by atoms with Crippen LogP contribution in [0.25, 0.3) is 0 Å². The van der Waals surface area contributed by atoms with Gasteiger partial charge in [-0.25, -0.2) is 12.1 Å². The van der Waals surface area contributed by atoms with E-state index in [1.807, 2.05) is 30.3 Å². The Morgan fingerprint density at radius 2 is 1.13 bits per heavy atom. The van der Waals surface area contributed by atoms with Gasteiger partial charge in [-0.05, 0) is 37.0 Å². The molecule has 0 amide bonds. The van der Waals surface area contributed by atoms with Gasteiger partial charge in [-0.1, -0.05) is 31.8 Å². The normalized spacial score (nSPS) is 18.7. The van der Waals surface area contributed by atoms with Gasteiger partial charge in [-0.2, -0.15) is 17.7 Å². The first-order valence-electron chi connectivity index (χ1n) is 9.06.